The zero-order valence-electron chi connectivity index (χ0n) is 9.97. The third kappa shape index (κ3) is 3.97. The van der Waals surface area contributed by atoms with Crippen LogP contribution in [0.5, 0.6) is 11.5 Å². The van der Waals surface area contributed by atoms with Crippen LogP contribution in [0.25, 0.3) is 0 Å². The van der Waals surface area contributed by atoms with E-state index in [0.29, 0.717) is 6.61 Å². The van der Waals surface area contributed by atoms with Crippen molar-refractivity contribution < 1.29 is 9.84 Å². The maximum atomic E-state index is 9.13. The first-order valence-electron chi connectivity index (χ1n) is 5.90. The second-order valence-electron chi connectivity index (χ2n) is 4.07. The van der Waals surface area contributed by atoms with E-state index in [1.165, 1.54) is 5.56 Å². The molecule has 1 N–H and O–H groups in total. The first kappa shape index (κ1) is 12.8. The molecule has 0 bridgehead atoms. The lowest BCUT2D eigenvalue weighted by atomic mass is 10.1. The highest BCUT2D eigenvalue weighted by atomic mass is 35.5. The van der Waals surface area contributed by atoms with E-state index >= 15 is 0 Å². The van der Waals surface area contributed by atoms with Crippen molar-refractivity contribution in [1.82, 2.24) is 0 Å². The van der Waals surface area contributed by atoms with Gasteiger partial charge >= 0.3 is 0 Å². The molecule has 0 spiro atoms. The molecule has 0 unspecified atom stereocenters. The third-order valence-electron chi connectivity index (χ3n) is 2.63. The molecule has 0 radical (unpaired) electrons. The predicted molar refractivity (Wildman–Crippen MR) is 73.4 cm³/mol. The highest BCUT2D eigenvalue weighted by molar-refractivity contribution is 6.30. The van der Waals surface area contributed by atoms with Gasteiger partial charge in [0, 0.05) is 5.02 Å². The number of phenolic OH excluding ortho intramolecular Hbond substituents is 1. The Bertz CT molecular complexity index is 429. The molecule has 0 aliphatic rings. The van der Waals surface area contributed by atoms with Crippen molar-refractivity contribution in [2.45, 2.75) is 12.8 Å². The topological polar surface area (TPSA) is 29.5 Å². The molecule has 2 aromatic rings. The molecule has 2 aromatic carbocycles. The van der Waals surface area contributed by atoms with Gasteiger partial charge in [-0.1, -0.05) is 23.7 Å². The van der Waals surface area contributed by atoms with Gasteiger partial charge in [-0.2, -0.15) is 0 Å². The van der Waals surface area contributed by atoms with Gasteiger partial charge in [-0.3, -0.25) is 0 Å². The summed E-state index contributed by atoms with van der Waals surface area (Å²) < 4.78 is 5.57. The minimum atomic E-state index is 0.253. The molecular weight excluding hydrogens is 248 g/mol. The van der Waals surface area contributed by atoms with Gasteiger partial charge in [0.05, 0.1) is 6.61 Å². The number of hydrogen-bond donors (Lipinski definition) is 1. The van der Waals surface area contributed by atoms with Crippen LogP contribution in [0.15, 0.2) is 48.5 Å². The third-order valence-corrected chi connectivity index (χ3v) is 2.88. The minimum Gasteiger partial charge on any atom is -0.508 e. The van der Waals surface area contributed by atoms with E-state index in [9.17, 15) is 0 Å². The molecule has 0 saturated heterocycles. The Kier molecular flexibility index (Phi) is 4.48. The molecule has 18 heavy (non-hydrogen) atoms. The van der Waals surface area contributed by atoms with Crippen LogP contribution in [0.4, 0.5) is 0 Å². The summed E-state index contributed by atoms with van der Waals surface area (Å²) in [5.74, 6) is 1.03. The van der Waals surface area contributed by atoms with Crippen molar-refractivity contribution in [3.8, 4) is 11.5 Å². The van der Waals surface area contributed by atoms with Gasteiger partial charge in [-0.25, -0.2) is 0 Å². The highest BCUT2D eigenvalue weighted by Gasteiger charge is 1.96. The van der Waals surface area contributed by atoms with E-state index in [2.05, 4.69) is 0 Å². The van der Waals surface area contributed by atoms with E-state index in [0.717, 1.165) is 23.6 Å². The lowest BCUT2D eigenvalue weighted by Crippen LogP contribution is -1.99. The van der Waals surface area contributed by atoms with Crippen LogP contribution in [0, 0.1) is 0 Å². The number of aryl methyl sites for hydroxylation is 1. The van der Waals surface area contributed by atoms with Crippen molar-refractivity contribution in [3.05, 3.63) is 59.1 Å². The fourth-order valence-electron chi connectivity index (χ4n) is 1.66. The van der Waals surface area contributed by atoms with E-state index in [4.69, 9.17) is 21.4 Å². The smallest absolute Gasteiger partial charge is 0.119 e. The maximum Gasteiger partial charge on any atom is 0.119 e. The molecule has 0 atom stereocenters. The summed E-state index contributed by atoms with van der Waals surface area (Å²) in [7, 11) is 0. The van der Waals surface area contributed by atoms with Crippen LogP contribution in [0.3, 0.4) is 0 Å². The molecule has 0 fully saturated rings. The fourth-order valence-corrected chi connectivity index (χ4v) is 1.79. The lowest BCUT2D eigenvalue weighted by Gasteiger charge is -2.06. The van der Waals surface area contributed by atoms with Gasteiger partial charge in [-0.15, -0.1) is 0 Å². The summed E-state index contributed by atoms with van der Waals surface area (Å²) in [5, 5.41) is 9.90. The van der Waals surface area contributed by atoms with E-state index < -0.39 is 0 Å². The standard InChI is InChI=1S/C15H15ClO2/c16-13-5-3-12(4-6-13)2-1-11-18-15-9-7-14(17)8-10-15/h3-10,17H,1-2,11H2. The van der Waals surface area contributed by atoms with Gasteiger partial charge in [0.1, 0.15) is 11.5 Å². The molecule has 94 valence electrons. The van der Waals surface area contributed by atoms with Crippen molar-refractivity contribution in [2.75, 3.05) is 6.61 Å². The lowest BCUT2D eigenvalue weighted by molar-refractivity contribution is 0.310. The number of ether oxygens (including phenoxy) is 1. The van der Waals surface area contributed by atoms with E-state index in [-0.39, 0.29) is 5.75 Å². The van der Waals surface area contributed by atoms with Crippen molar-refractivity contribution in [3.63, 3.8) is 0 Å². The molecule has 0 heterocycles. The van der Waals surface area contributed by atoms with Crippen LogP contribution in [0.2, 0.25) is 5.02 Å². The average Bonchev–Trinajstić information content (AvgIpc) is 2.39. The maximum absolute atomic E-state index is 9.13. The first-order valence-corrected chi connectivity index (χ1v) is 6.28. The Morgan fingerprint density at radius 1 is 0.944 bits per heavy atom. The monoisotopic (exact) mass is 262 g/mol. The first-order chi connectivity index (χ1) is 8.74. The summed E-state index contributed by atoms with van der Waals surface area (Å²) in [6.45, 7) is 0.660. The number of phenols is 1. The van der Waals surface area contributed by atoms with Gasteiger partial charge in [0.2, 0.25) is 0 Å². The Balaban J connectivity index is 1.73. The molecule has 0 aromatic heterocycles. The molecule has 2 rings (SSSR count). The van der Waals surface area contributed by atoms with Crippen LogP contribution >= 0.6 is 11.6 Å². The summed E-state index contributed by atoms with van der Waals surface area (Å²) in [5.41, 5.74) is 1.26. The van der Waals surface area contributed by atoms with Crippen molar-refractivity contribution >= 4 is 11.6 Å². The Hall–Kier alpha value is -1.67. The molecule has 2 nitrogen and oxygen atoms in total. The van der Waals surface area contributed by atoms with Gasteiger partial charge in [0.15, 0.2) is 0 Å². The summed E-state index contributed by atoms with van der Waals surface area (Å²) >= 11 is 5.82. The zero-order chi connectivity index (χ0) is 12.8. The molecular formula is C15H15ClO2. The van der Waals surface area contributed by atoms with Crippen LogP contribution in [-0.4, -0.2) is 11.7 Å². The minimum absolute atomic E-state index is 0.253. The van der Waals surface area contributed by atoms with Gasteiger partial charge in [0.25, 0.3) is 0 Å². The normalized spacial score (nSPS) is 10.3. The van der Waals surface area contributed by atoms with E-state index in [1.54, 1.807) is 24.3 Å². The number of rotatable bonds is 5. The number of hydrogen-bond acceptors (Lipinski definition) is 2. The largest absolute Gasteiger partial charge is 0.508 e. The van der Waals surface area contributed by atoms with E-state index in [1.807, 2.05) is 24.3 Å². The summed E-state index contributed by atoms with van der Waals surface area (Å²) in [6, 6.07) is 14.6. The number of halogens is 1. The van der Waals surface area contributed by atoms with Crippen LogP contribution in [-0.2, 0) is 6.42 Å². The molecule has 3 heteroatoms. The zero-order valence-corrected chi connectivity index (χ0v) is 10.7. The Labute approximate surface area is 112 Å². The van der Waals surface area contributed by atoms with Crippen LogP contribution in [0.1, 0.15) is 12.0 Å². The molecule has 0 amide bonds. The molecule has 0 saturated carbocycles. The fraction of sp³-hybridized carbons (Fsp3) is 0.200. The van der Waals surface area contributed by atoms with Crippen molar-refractivity contribution in [1.29, 1.82) is 0 Å². The number of benzene rings is 2. The summed E-state index contributed by atoms with van der Waals surface area (Å²) in [6.07, 6.45) is 1.91. The Morgan fingerprint density at radius 3 is 2.28 bits per heavy atom. The second kappa shape index (κ2) is 6.31. The van der Waals surface area contributed by atoms with Gasteiger partial charge in [-0.05, 0) is 54.8 Å². The highest BCUT2D eigenvalue weighted by Crippen LogP contribution is 2.16. The molecule has 0 aliphatic heterocycles. The SMILES string of the molecule is Oc1ccc(OCCCc2ccc(Cl)cc2)cc1. The summed E-state index contributed by atoms with van der Waals surface area (Å²) in [4.78, 5) is 0. The Morgan fingerprint density at radius 2 is 1.61 bits per heavy atom. The van der Waals surface area contributed by atoms with Gasteiger partial charge < -0.3 is 9.84 Å². The number of aromatic hydroxyl groups is 1. The molecule has 0 aliphatic carbocycles. The van der Waals surface area contributed by atoms with Crippen LogP contribution < -0.4 is 4.74 Å². The van der Waals surface area contributed by atoms with Crippen molar-refractivity contribution in [2.24, 2.45) is 0 Å². The quantitative estimate of drug-likeness (QED) is 0.824. The average molecular weight is 263 g/mol. The predicted octanol–water partition coefficient (Wildman–Crippen LogP) is 4.06. The second-order valence-corrected chi connectivity index (χ2v) is 4.51.